The van der Waals surface area contributed by atoms with Crippen LogP contribution >= 0.6 is 0 Å². The Hall–Kier alpha value is -1.12. The van der Waals surface area contributed by atoms with Gasteiger partial charge in [0.15, 0.2) is 5.78 Å². The number of ketones is 1. The van der Waals surface area contributed by atoms with Gasteiger partial charge in [0.1, 0.15) is 5.41 Å². The zero-order valence-corrected chi connectivity index (χ0v) is 15.3. The highest BCUT2D eigenvalue weighted by Crippen LogP contribution is 2.64. The van der Waals surface area contributed by atoms with E-state index in [9.17, 15) is 9.59 Å². The second-order valence-corrected chi connectivity index (χ2v) is 9.16. The van der Waals surface area contributed by atoms with E-state index in [0.717, 1.165) is 25.7 Å². The maximum atomic E-state index is 12.9. The van der Waals surface area contributed by atoms with Crippen molar-refractivity contribution in [2.45, 2.75) is 73.1 Å². The predicted molar refractivity (Wildman–Crippen MR) is 89.9 cm³/mol. The molecule has 3 aliphatic carbocycles. The first-order valence-electron chi connectivity index (χ1n) is 8.98. The smallest absolute Gasteiger partial charge is 0.320 e. The van der Waals surface area contributed by atoms with Crippen molar-refractivity contribution in [2.75, 3.05) is 6.61 Å². The molecule has 0 heterocycles. The summed E-state index contributed by atoms with van der Waals surface area (Å²) in [5.41, 5.74) is 1.81. The van der Waals surface area contributed by atoms with Gasteiger partial charge < -0.3 is 4.74 Å². The van der Waals surface area contributed by atoms with Crippen molar-refractivity contribution in [3.05, 3.63) is 11.1 Å². The van der Waals surface area contributed by atoms with Crippen LogP contribution in [0.2, 0.25) is 0 Å². The fourth-order valence-corrected chi connectivity index (χ4v) is 5.21. The minimum atomic E-state index is -0.869. The van der Waals surface area contributed by atoms with Gasteiger partial charge in [-0.25, -0.2) is 0 Å². The van der Waals surface area contributed by atoms with Crippen LogP contribution in [-0.2, 0) is 14.3 Å². The van der Waals surface area contributed by atoms with Gasteiger partial charge in [0.25, 0.3) is 0 Å². The summed E-state index contributed by atoms with van der Waals surface area (Å²) >= 11 is 0. The van der Waals surface area contributed by atoms with Crippen LogP contribution < -0.4 is 0 Å². The van der Waals surface area contributed by atoms with Crippen molar-refractivity contribution >= 4 is 11.8 Å². The molecule has 3 saturated carbocycles. The number of Topliss-reactive ketones (excluding diaryl/α,β-unsaturated/α-hetero) is 1. The van der Waals surface area contributed by atoms with Gasteiger partial charge in [0, 0.05) is 11.8 Å². The minimum absolute atomic E-state index is 0.0305. The van der Waals surface area contributed by atoms with Crippen LogP contribution in [0.5, 0.6) is 0 Å². The van der Waals surface area contributed by atoms with E-state index >= 15 is 0 Å². The second kappa shape index (κ2) is 5.19. The highest BCUT2D eigenvalue weighted by molar-refractivity contribution is 6.07. The van der Waals surface area contributed by atoms with E-state index in [0.29, 0.717) is 25.4 Å². The zero-order valence-electron chi connectivity index (χ0n) is 15.3. The van der Waals surface area contributed by atoms with Gasteiger partial charge in [-0.05, 0) is 57.3 Å². The van der Waals surface area contributed by atoms with Crippen LogP contribution in [0.3, 0.4) is 0 Å². The van der Waals surface area contributed by atoms with Gasteiger partial charge in [-0.1, -0.05) is 31.9 Å². The zero-order chi connectivity index (χ0) is 17.0. The molecule has 3 unspecified atom stereocenters. The van der Waals surface area contributed by atoms with Crippen molar-refractivity contribution in [1.82, 2.24) is 0 Å². The molecule has 3 atom stereocenters. The number of hydrogen-bond donors (Lipinski definition) is 0. The average molecular weight is 318 g/mol. The molecule has 0 spiro atoms. The first-order valence-corrected chi connectivity index (χ1v) is 8.98. The molecule has 3 fully saturated rings. The van der Waals surface area contributed by atoms with Crippen molar-refractivity contribution in [1.29, 1.82) is 0 Å². The van der Waals surface area contributed by atoms with Crippen molar-refractivity contribution in [3.63, 3.8) is 0 Å². The average Bonchev–Trinajstić information content (AvgIpc) is 3.04. The molecule has 128 valence electrons. The standard InChI is InChI=1S/C20H30O3/c1-13(2)14-6-8-19(5,11-14)12-23-17(22)20-9-7-15(10-16(20)21)18(20,3)4/h15H,6-12H2,1-5H3. The quantitative estimate of drug-likeness (QED) is 0.438. The van der Waals surface area contributed by atoms with E-state index in [1.54, 1.807) is 0 Å². The summed E-state index contributed by atoms with van der Waals surface area (Å²) in [7, 11) is 0. The molecule has 0 radical (unpaired) electrons. The Bertz CT molecular complexity index is 582. The van der Waals surface area contributed by atoms with Gasteiger partial charge in [-0.15, -0.1) is 0 Å². The van der Waals surface area contributed by atoms with Crippen molar-refractivity contribution < 1.29 is 14.3 Å². The lowest BCUT2D eigenvalue weighted by molar-refractivity contribution is -0.167. The maximum Gasteiger partial charge on any atom is 0.320 e. The predicted octanol–water partition coefficient (Wildman–Crippen LogP) is 4.45. The van der Waals surface area contributed by atoms with Gasteiger partial charge in [-0.2, -0.15) is 0 Å². The molecule has 3 rings (SSSR count). The monoisotopic (exact) mass is 318 g/mol. The first kappa shape index (κ1) is 16.7. The number of carbonyl (C=O) groups excluding carboxylic acids is 2. The number of carbonyl (C=O) groups is 2. The Morgan fingerprint density at radius 1 is 1.22 bits per heavy atom. The summed E-state index contributed by atoms with van der Waals surface area (Å²) in [5, 5.41) is 0. The number of fused-ring (bicyclic) bond motifs is 2. The molecule has 0 aromatic rings. The topological polar surface area (TPSA) is 43.4 Å². The number of allylic oxidation sites excluding steroid dienone is 2. The van der Waals surface area contributed by atoms with Gasteiger partial charge in [0.05, 0.1) is 6.61 Å². The number of esters is 1. The van der Waals surface area contributed by atoms with Crippen molar-refractivity contribution in [3.8, 4) is 0 Å². The molecule has 0 N–H and O–H groups in total. The molecule has 0 aromatic carbocycles. The number of rotatable bonds is 3. The number of hydrogen-bond acceptors (Lipinski definition) is 3. The summed E-state index contributed by atoms with van der Waals surface area (Å²) in [5.74, 6) is 0.214. The number of ether oxygens (including phenoxy) is 1. The lowest BCUT2D eigenvalue weighted by Crippen LogP contribution is -2.45. The van der Waals surface area contributed by atoms with E-state index in [1.807, 2.05) is 0 Å². The third-order valence-electron chi connectivity index (χ3n) is 7.17. The summed E-state index contributed by atoms with van der Waals surface area (Å²) < 4.78 is 5.79. The van der Waals surface area contributed by atoms with E-state index in [1.165, 1.54) is 11.1 Å². The molecule has 0 aromatic heterocycles. The molecule has 3 heteroatoms. The van der Waals surface area contributed by atoms with Gasteiger partial charge in [0.2, 0.25) is 0 Å². The summed E-state index contributed by atoms with van der Waals surface area (Å²) in [6.45, 7) is 11.1. The van der Waals surface area contributed by atoms with Crippen LogP contribution in [0.25, 0.3) is 0 Å². The second-order valence-electron chi connectivity index (χ2n) is 9.16. The first-order chi connectivity index (χ1) is 10.6. The van der Waals surface area contributed by atoms with Crippen LogP contribution in [0.4, 0.5) is 0 Å². The van der Waals surface area contributed by atoms with E-state index < -0.39 is 5.41 Å². The fourth-order valence-electron chi connectivity index (χ4n) is 5.21. The van der Waals surface area contributed by atoms with Crippen LogP contribution in [0.15, 0.2) is 11.1 Å². The van der Waals surface area contributed by atoms with E-state index in [4.69, 9.17) is 4.74 Å². The van der Waals surface area contributed by atoms with Crippen LogP contribution in [-0.4, -0.2) is 18.4 Å². The van der Waals surface area contributed by atoms with Crippen LogP contribution in [0, 0.1) is 22.2 Å². The minimum Gasteiger partial charge on any atom is -0.464 e. The Morgan fingerprint density at radius 3 is 2.39 bits per heavy atom. The Morgan fingerprint density at radius 2 is 1.91 bits per heavy atom. The van der Waals surface area contributed by atoms with Crippen molar-refractivity contribution in [2.24, 2.45) is 22.2 Å². The third kappa shape index (κ3) is 2.30. The lowest BCUT2D eigenvalue weighted by atomic mass is 9.69. The molecular formula is C20H30O3. The summed E-state index contributed by atoms with van der Waals surface area (Å²) in [4.78, 5) is 25.4. The highest BCUT2D eigenvalue weighted by atomic mass is 16.5. The van der Waals surface area contributed by atoms with E-state index in [-0.39, 0.29) is 22.6 Å². The largest absolute Gasteiger partial charge is 0.464 e. The summed E-state index contributed by atoms with van der Waals surface area (Å²) in [6.07, 6.45) is 5.39. The summed E-state index contributed by atoms with van der Waals surface area (Å²) in [6, 6.07) is 0. The fraction of sp³-hybridized carbons (Fsp3) is 0.800. The van der Waals surface area contributed by atoms with Gasteiger partial charge >= 0.3 is 5.97 Å². The maximum absolute atomic E-state index is 12.9. The lowest BCUT2D eigenvalue weighted by Gasteiger charge is -2.35. The Labute approximate surface area is 139 Å². The molecule has 3 nitrogen and oxygen atoms in total. The third-order valence-corrected chi connectivity index (χ3v) is 7.17. The molecule has 23 heavy (non-hydrogen) atoms. The molecule has 2 bridgehead atoms. The Kier molecular flexibility index (Phi) is 3.77. The normalized spacial score (nSPS) is 38.2. The molecule has 0 aliphatic heterocycles. The highest BCUT2D eigenvalue weighted by Gasteiger charge is 2.69. The molecular weight excluding hydrogens is 288 g/mol. The SMILES string of the molecule is CC(C)=C1CCC(C)(COC(=O)C23CCC(CC2=O)C3(C)C)C1. The molecule has 0 saturated heterocycles. The Balaban J connectivity index is 1.71. The molecule has 3 aliphatic rings. The molecule has 0 amide bonds. The van der Waals surface area contributed by atoms with Crippen LogP contribution in [0.1, 0.15) is 73.1 Å². The van der Waals surface area contributed by atoms with E-state index in [2.05, 4.69) is 34.6 Å². The van der Waals surface area contributed by atoms with Gasteiger partial charge in [-0.3, -0.25) is 9.59 Å².